The van der Waals surface area contributed by atoms with Gasteiger partial charge in [-0.1, -0.05) is 231 Å². The van der Waals surface area contributed by atoms with Crippen LogP contribution in [0.1, 0.15) is 284 Å². The molecule has 0 aromatic rings. The lowest BCUT2D eigenvalue weighted by Gasteiger charge is -2.18. The zero-order chi connectivity index (χ0) is 45.1. The van der Waals surface area contributed by atoms with Gasteiger partial charge in [0.25, 0.3) is 0 Å². The summed E-state index contributed by atoms with van der Waals surface area (Å²) >= 11 is 0. The van der Waals surface area contributed by atoms with Crippen LogP contribution in [0.4, 0.5) is 0 Å². The van der Waals surface area contributed by atoms with Gasteiger partial charge < -0.3 is 14.2 Å². The van der Waals surface area contributed by atoms with Crippen LogP contribution in [-0.4, -0.2) is 37.2 Å². The third-order valence-electron chi connectivity index (χ3n) is 11.9. The molecule has 0 fully saturated rings. The van der Waals surface area contributed by atoms with E-state index < -0.39 is 6.10 Å². The third-order valence-corrected chi connectivity index (χ3v) is 11.9. The fraction of sp³-hybridized carbons (Fsp3) is 0.839. The SMILES string of the molecule is CCCC/C=C\C/C=C\CCCCCCCC(=O)OC(COC(=O)CCCCCCCCC/C=C\CCCCCCCC)COC(=O)CCCCCCCCCCCCCCC. The predicted molar refractivity (Wildman–Crippen MR) is 266 cm³/mol. The van der Waals surface area contributed by atoms with Crippen molar-refractivity contribution in [3.05, 3.63) is 36.5 Å². The second-order valence-corrected chi connectivity index (χ2v) is 18.1. The van der Waals surface area contributed by atoms with E-state index in [4.69, 9.17) is 14.2 Å². The number of carbonyl (C=O) groups is 3. The van der Waals surface area contributed by atoms with E-state index in [1.54, 1.807) is 0 Å². The second kappa shape index (κ2) is 51.3. The number of unbranched alkanes of at least 4 members (excludes halogenated alkanes) is 32. The molecule has 362 valence electrons. The molecule has 0 aliphatic heterocycles. The Morgan fingerprint density at radius 2 is 0.597 bits per heavy atom. The van der Waals surface area contributed by atoms with E-state index in [1.807, 2.05) is 0 Å². The third kappa shape index (κ3) is 48.7. The number of rotatable bonds is 49. The van der Waals surface area contributed by atoms with E-state index >= 15 is 0 Å². The first-order valence-corrected chi connectivity index (χ1v) is 27.0. The van der Waals surface area contributed by atoms with Crippen molar-refractivity contribution in [1.29, 1.82) is 0 Å². The molecule has 1 atom stereocenters. The summed E-state index contributed by atoms with van der Waals surface area (Å²) in [4.78, 5) is 38.0. The maximum absolute atomic E-state index is 12.8. The van der Waals surface area contributed by atoms with Gasteiger partial charge in [-0.2, -0.15) is 0 Å². The highest BCUT2D eigenvalue weighted by atomic mass is 16.6. The Morgan fingerprint density at radius 3 is 0.952 bits per heavy atom. The summed E-state index contributed by atoms with van der Waals surface area (Å²) < 4.78 is 16.8. The Morgan fingerprint density at radius 1 is 0.323 bits per heavy atom. The zero-order valence-electron chi connectivity index (χ0n) is 41.4. The highest BCUT2D eigenvalue weighted by Gasteiger charge is 2.19. The van der Waals surface area contributed by atoms with Gasteiger partial charge in [0.05, 0.1) is 0 Å². The summed E-state index contributed by atoms with van der Waals surface area (Å²) in [5, 5.41) is 0. The minimum atomic E-state index is -0.777. The van der Waals surface area contributed by atoms with Gasteiger partial charge >= 0.3 is 17.9 Å². The molecule has 0 saturated carbocycles. The van der Waals surface area contributed by atoms with E-state index in [1.165, 1.54) is 161 Å². The van der Waals surface area contributed by atoms with Crippen LogP contribution >= 0.6 is 0 Å². The van der Waals surface area contributed by atoms with Crippen LogP contribution in [0.2, 0.25) is 0 Å². The quantitative estimate of drug-likeness (QED) is 0.0262. The zero-order valence-corrected chi connectivity index (χ0v) is 41.4. The average molecular weight is 871 g/mol. The number of ether oxygens (including phenoxy) is 3. The Kier molecular flexibility index (Phi) is 49.3. The second-order valence-electron chi connectivity index (χ2n) is 18.1. The van der Waals surface area contributed by atoms with Gasteiger partial charge in [-0.05, 0) is 70.6 Å². The van der Waals surface area contributed by atoms with E-state index in [0.717, 1.165) is 83.5 Å². The van der Waals surface area contributed by atoms with Crippen molar-refractivity contribution in [3.63, 3.8) is 0 Å². The van der Waals surface area contributed by atoms with Crippen molar-refractivity contribution < 1.29 is 28.6 Å². The molecule has 0 aromatic heterocycles. The largest absolute Gasteiger partial charge is 0.462 e. The summed E-state index contributed by atoms with van der Waals surface area (Å²) in [7, 11) is 0. The number of hydrogen-bond donors (Lipinski definition) is 0. The maximum atomic E-state index is 12.8. The van der Waals surface area contributed by atoms with Gasteiger partial charge in [0.2, 0.25) is 0 Å². The van der Waals surface area contributed by atoms with Crippen LogP contribution in [0.3, 0.4) is 0 Å². The first-order chi connectivity index (χ1) is 30.5. The van der Waals surface area contributed by atoms with E-state index in [0.29, 0.717) is 19.3 Å². The highest BCUT2D eigenvalue weighted by molar-refractivity contribution is 5.71. The molecule has 62 heavy (non-hydrogen) atoms. The molecule has 0 radical (unpaired) electrons. The normalized spacial score (nSPS) is 12.2. The number of esters is 3. The Hall–Kier alpha value is -2.37. The van der Waals surface area contributed by atoms with Crippen LogP contribution in [0.25, 0.3) is 0 Å². The lowest BCUT2D eigenvalue weighted by Crippen LogP contribution is -2.30. The molecule has 0 aliphatic rings. The summed E-state index contributed by atoms with van der Waals surface area (Å²) in [5.74, 6) is -0.883. The highest BCUT2D eigenvalue weighted by Crippen LogP contribution is 2.15. The Balaban J connectivity index is 4.36. The Labute approximate surface area is 385 Å². The topological polar surface area (TPSA) is 78.9 Å². The van der Waals surface area contributed by atoms with Crippen molar-refractivity contribution in [2.24, 2.45) is 0 Å². The fourth-order valence-electron chi connectivity index (χ4n) is 7.75. The molecule has 6 heteroatoms. The van der Waals surface area contributed by atoms with Crippen LogP contribution in [0, 0.1) is 0 Å². The molecular formula is C56H102O6. The molecule has 0 bridgehead atoms. The molecule has 0 N–H and O–H groups in total. The fourth-order valence-corrected chi connectivity index (χ4v) is 7.75. The van der Waals surface area contributed by atoms with Crippen molar-refractivity contribution >= 4 is 17.9 Å². The molecule has 0 heterocycles. The standard InChI is InChI=1S/C56H102O6/c1-4-7-10-13-16-19-22-25-27-28-29-32-34-37-40-43-46-49-55(58)61-52-53(51-60-54(57)48-45-42-39-36-33-30-24-21-18-15-12-9-6-3)62-56(59)50-47-44-41-38-35-31-26-23-20-17-14-11-8-5-2/h14,17,23,25-27,53H,4-13,15-16,18-22,24,28-52H2,1-3H3/b17-14-,26-23-,27-25-. The van der Waals surface area contributed by atoms with Gasteiger partial charge in [0.1, 0.15) is 13.2 Å². The molecular weight excluding hydrogens is 769 g/mol. The summed E-state index contributed by atoms with van der Waals surface area (Å²) in [6, 6.07) is 0. The first kappa shape index (κ1) is 59.6. The number of hydrogen-bond acceptors (Lipinski definition) is 6. The minimum absolute atomic E-state index is 0.0761. The Bertz CT molecular complexity index is 1050. The van der Waals surface area contributed by atoms with Crippen LogP contribution in [0.15, 0.2) is 36.5 Å². The molecule has 0 aliphatic carbocycles. The van der Waals surface area contributed by atoms with Crippen molar-refractivity contribution in [2.45, 2.75) is 290 Å². The van der Waals surface area contributed by atoms with Gasteiger partial charge in [-0.15, -0.1) is 0 Å². The molecule has 0 saturated heterocycles. The van der Waals surface area contributed by atoms with Gasteiger partial charge in [-0.3, -0.25) is 14.4 Å². The molecule has 1 unspecified atom stereocenters. The number of allylic oxidation sites excluding steroid dienone is 6. The van der Waals surface area contributed by atoms with Crippen molar-refractivity contribution in [3.8, 4) is 0 Å². The van der Waals surface area contributed by atoms with Crippen LogP contribution < -0.4 is 0 Å². The van der Waals surface area contributed by atoms with Gasteiger partial charge in [-0.25, -0.2) is 0 Å². The smallest absolute Gasteiger partial charge is 0.306 e. The molecule has 0 aromatic carbocycles. The summed E-state index contributed by atoms with van der Waals surface area (Å²) in [6.45, 7) is 6.60. The predicted octanol–water partition coefficient (Wildman–Crippen LogP) is 17.7. The van der Waals surface area contributed by atoms with E-state index in [2.05, 4.69) is 57.2 Å². The summed E-state index contributed by atoms with van der Waals surface area (Å²) in [6.07, 6.45) is 59.8. The monoisotopic (exact) mass is 871 g/mol. The minimum Gasteiger partial charge on any atom is -0.462 e. The van der Waals surface area contributed by atoms with Crippen LogP contribution in [0.5, 0.6) is 0 Å². The lowest BCUT2D eigenvalue weighted by molar-refractivity contribution is -0.167. The lowest BCUT2D eigenvalue weighted by atomic mass is 10.0. The van der Waals surface area contributed by atoms with Crippen molar-refractivity contribution in [1.82, 2.24) is 0 Å². The molecule has 6 nitrogen and oxygen atoms in total. The molecule has 0 rings (SSSR count). The maximum Gasteiger partial charge on any atom is 0.306 e. The average Bonchev–Trinajstić information content (AvgIpc) is 3.27. The summed E-state index contributed by atoms with van der Waals surface area (Å²) in [5.41, 5.74) is 0. The molecule has 0 amide bonds. The van der Waals surface area contributed by atoms with Crippen LogP contribution in [-0.2, 0) is 28.6 Å². The van der Waals surface area contributed by atoms with Gasteiger partial charge in [0.15, 0.2) is 6.10 Å². The molecule has 0 spiro atoms. The first-order valence-electron chi connectivity index (χ1n) is 27.0. The van der Waals surface area contributed by atoms with Gasteiger partial charge in [0, 0.05) is 19.3 Å². The number of carbonyl (C=O) groups excluding carboxylic acids is 3. The van der Waals surface area contributed by atoms with Crippen molar-refractivity contribution in [2.75, 3.05) is 13.2 Å². The van der Waals surface area contributed by atoms with E-state index in [-0.39, 0.29) is 31.1 Å². The van der Waals surface area contributed by atoms with E-state index in [9.17, 15) is 14.4 Å².